The number of aryl methyl sites for hydroxylation is 1. The number of aromatic nitrogens is 2. The molecule has 2 aromatic carbocycles. The van der Waals surface area contributed by atoms with Gasteiger partial charge in [-0.25, -0.2) is 0 Å². The Bertz CT molecular complexity index is 867. The third-order valence-electron chi connectivity index (χ3n) is 4.78. The zero-order valence-electron chi connectivity index (χ0n) is 14.9. The van der Waals surface area contributed by atoms with Crippen LogP contribution in [0.3, 0.4) is 0 Å². The van der Waals surface area contributed by atoms with Gasteiger partial charge in [-0.1, -0.05) is 42.5 Å². The van der Waals surface area contributed by atoms with Crippen molar-refractivity contribution < 1.29 is 0 Å². The lowest BCUT2D eigenvalue weighted by atomic mass is 10.1. The van der Waals surface area contributed by atoms with Crippen LogP contribution in [0, 0.1) is 6.92 Å². The van der Waals surface area contributed by atoms with E-state index in [1.165, 1.54) is 22.4 Å². The van der Waals surface area contributed by atoms with Gasteiger partial charge >= 0.3 is 0 Å². The molecule has 0 saturated heterocycles. The van der Waals surface area contributed by atoms with Crippen LogP contribution in [0.4, 0.5) is 11.5 Å². The Labute approximate surface area is 149 Å². The quantitative estimate of drug-likeness (QED) is 0.785. The van der Waals surface area contributed by atoms with E-state index in [-0.39, 0.29) is 0 Å². The summed E-state index contributed by atoms with van der Waals surface area (Å²) in [5.41, 5.74) is 6.32. The standard InChI is InChI=1S/C21H24N4/c1-16-7-6-10-18(13-16)22-21-19-15-24(2)12-11-20(19)25(23-21)14-17-8-4-3-5-9-17/h3-10,13H,11-12,14-15H2,1-2H3,(H,22,23). The maximum absolute atomic E-state index is 4.93. The lowest BCUT2D eigenvalue weighted by molar-refractivity contribution is 0.308. The Kier molecular flexibility index (Phi) is 4.28. The van der Waals surface area contributed by atoms with E-state index in [2.05, 4.69) is 83.5 Å². The summed E-state index contributed by atoms with van der Waals surface area (Å²) in [5, 5.41) is 8.47. The van der Waals surface area contributed by atoms with Gasteiger partial charge in [-0.15, -0.1) is 0 Å². The molecule has 1 aliphatic rings. The average Bonchev–Trinajstić information content (AvgIpc) is 2.92. The minimum absolute atomic E-state index is 0.822. The molecule has 25 heavy (non-hydrogen) atoms. The zero-order valence-corrected chi connectivity index (χ0v) is 14.9. The van der Waals surface area contributed by atoms with Crippen molar-refractivity contribution in [1.82, 2.24) is 14.7 Å². The van der Waals surface area contributed by atoms with E-state index in [1.54, 1.807) is 0 Å². The summed E-state index contributed by atoms with van der Waals surface area (Å²) < 4.78 is 2.18. The SMILES string of the molecule is Cc1cccc(Nc2nn(Cc3ccccc3)c3c2CN(C)CC3)c1. The third-order valence-corrected chi connectivity index (χ3v) is 4.78. The molecule has 1 N–H and O–H groups in total. The van der Waals surface area contributed by atoms with E-state index < -0.39 is 0 Å². The molecule has 1 aromatic heterocycles. The molecule has 0 saturated carbocycles. The van der Waals surface area contributed by atoms with Crippen LogP contribution in [-0.2, 0) is 19.5 Å². The van der Waals surface area contributed by atoms with Crippen LogP contribution >= 0.6 is 0 Å². The summed E-state index contributed by atoms with van der Waals surface area (Å²) in [6.07, 6.45) is 1.04. The fraction of sp³-hybridized carbons (Fsp3) is 0.286. The van der Waals surface area contributed by atoms with Crippen LogP contribution < -0.4 is 5.32 Å². The summed E-state index contributed by atoms with van der Waals surface area (Å²) in [6.45, 7) is 4.96. The van der Waals surface area contributed by atoms with Gasteiger partial charge in [0.2, 0.25) is 0 Å². The Hall–Kier alpha value is -2.59. The van der Waals surface area contributed by atoms with Crippen molar-refractivity contribution in [3.8, 4) is 0 Å². The molecule has 0 spiro atoms. The number of fused-ring (bicyclic) bond motifs is 1. The van der Waals surface area contributed by atoms with E-state index in [0.29, 0.717) is 0 Å². The minimum atomic E-state index is 0.822. The normalized spacial score (nSPS) is 14.3. The van der Waals surface area contributed by atoms with Crippen molar-refractivity contribution in [3.63, 3.8) is 0 Å². The lowest BCUT2D eigenvalue weighted by Gasteiger charge is -2.23. The first-order valence-electron chi connectivity index (χ1n) is 8.84. The number of likely N-dealkylation sites (N-methyl/N-ethyl adjacent to an activating group) is 1. The molecular weight excluding hydrogens is 308 g/mol. The number of nitrogens with one attached hydrogen (secondary N) is 1. The molecule has 0 aliphatic carbocycles. The van der Waals surface area contributed by atoms with Gasteiger partial charge in [0.05, 0.1) is 6.54 Å². The van der Waals surface area contributed by atoms with E-state index in [0.717, 1.165) is 37.6 Å². The second-order valence-electron chi connectivity index (χ2n) is 6.90. The van der Waals surface area contributed by atoms with Gasteiger partial charge in [0.15, 0.2) is 5.82 Å². The summed E-state index contributed by atoms with van der Waals surface area (Å²) >= 11 is 0. The van der Waals surface area contributed by atoms with Crippen molar-refractivity contribution in [1.29, 1.82) is 0 Å². The van der Waals surface area contributed by atoms with Gasteiger partial charge in [-0.2, -0.15) is 5.10 Å². The second kappa shape index (κ2) is 6.73. The van der Waals surface area contributed by atoms with Crippen molar-refractivity contribution in [2.75, 3.05) is 18.9 Å². The fourth-order valence-corrected chi connectivity index (χ4v) is 3.47. The summed E-state index contributed by atoms with van der Waals surface area (Å²) in [7, 11) is 2.17. The Balaban J connectivity index is 1.69. The summed E-state index contributed by atoms with van der Waals surface area (Å²) in [4.78, 5) is 2.36. The van der Waals surface area contributed by atoms with Gasteiger partial charge in [0.1, 0.15) is 0 Å². The summed E-state index contributed by atoms with van der Waals surface area (Å²) in [5.74, 6) is 0.989. The third kappa shape index (κ3) is 3.44. The minimum Gasteiger partial charge on any atom is -0.338 e. The highest BCUT2D eigenvalue weighted by molar-refractivity contribution is 5.61. The van der Waals surface area contributed by atoms with Crippen molar-refractivity contribution >= 4 is 11.5 Å². The Morgan fingerprint density at radius 3 is 2.72 bits per heavy atom. The van der Waals surface area contributed by atoms with Gasteiger partial charge in [0, 0.05) is 36.5 Å². The molecule has 0 bridgehead atoms. The highest BCUT2D eigenvalue weighted by atomic mass is 15.3. The van der Waals surface area contributed by atoms with Crippen LogP contribution in [0.5, 0.6) is 0 Å². The van der Waals surface area contributed by atoms with Crippen LogP contribution in [-0.4, -0.2) is 28.3 Å². The molecule has 0 unspecified atom stereocenters. The van der Waals surface area contributed by atoms with Crippen LogP contribution in [0.25, 0.3) is 0 Å². The van der Waals surface area contributed by atoms with Crippen LogP contribution in [0.2, 0.25) is 0 Å². The first-order chi connectivity index (χ1) is 12.2. The topological polar surface area (TPSA) is 33.1 Å². The smallest absolute Gasteiger partial charge is 0.157 e. The number of hydrogen-bond acceptors (Lipinski definition) is 3. The van der Waals surface area contributed by atoms with Crippen molar-refractivity contribution in [2.45, 2.75) is 26.4 Å². The van der Waals surface area contributed by atoms with Crippen molar-refractivity contribution in [2.24, 2.45) is 0 Å². The fourth-order valence-electron chi connectivity index (χ4n) is 3.47. The van der Waals surface area contributed by atoms with Gasteiger partial charge in [0.25, 0.3) is 0 Å². The molecule has 0 amide bonds. The van der Waals surface area contributed by atoms with E-state index in [9.17, 15) is 0 Å². The molecule has 4 nitrogen and oxygen atoms in total. The number of benzene rings is 2. The molecule has 2 heterocycles. The highest BCUT2D eigenvalue weighted by Crippen LogP contribution is 2.28. The second-order valence-corrected chi connectivity index (χ2v) is 6.90. The lowest BCUT2D eigenvalue weighted by Crippen LogP contribution is -2.27. The molecule has 3 aromatic rings. The number of nitrogens with zero attached hydrogens (tertiary/aromatic N) is 3. The monoisotopic (exact) mass is 332 g/mol. The maximum atomic E-state index is 4.93. The predicted molar refractivity (Wildman–Crippen MR) is 102 cm³/mol. The first kappa shape index (κ1) is 15.9. The summed E-state index contributed by atoms with van der Waals surface area (Å²) in [6, 6.07) is 19.0. The number of rotatable bonds is 4. The van der Waals surface area contributed by atoms with Gasteiger partial charge in [-0.05, 0) is 37.2 Å². The van der Waals surface area contributed by atoms with E-state index >= 15 is 0 Å². The molecule has 4 rings (SSSR count). The maximum Gasteiger partial charge on any atom is 0.157 e. The van der Waals surface area contributed by atoms with Crippen LogP contribution in [0.1, 0.15) is 22.4 Å². The number of anilines is 2. The van der Waals surface area contributed by atoms with Gasteiger partial charge in [-0.3, -0.25) is 4.68 Å². The van der Waals surface area contributed by atoms with E-state index in [4.69, 9.17) is 5.10 Å². The molecule has 0 radical (unpaired) electrons. The highest BCUT2D eigenvalue weighted by Gasteiger charge is 2.23. The van der Waals surface area contributed by atoms with E-state index in [1.807, 2.05) is 0 Å². The molecule has 0 atom stereocenters. The number of hydrogen-bond donors (Lipinski definition) is 1. The average molecular weight is 332 g/mol. The Morgan fingerprint density at radius 1 is 1.08 bits per heavy atom. The van der Waals surface area contributed by atoms with Gasteiger partial charge < -0.3 is 10.2 Å². The molecule has 4 heteroatoms. The molecule has 1 aliphatic heterocycles. The van der Waals surface area contributed by atoms with Crippen molar-refractivity contribution in [3.05, 3.63) is 77.0 Å². The zero-order chi connectivity index (χ0) is 17.2. The Morgan fingerprint density at radius 2 is 1.92 bits per heavy atom. The molecular formula is C21H24N4. The largest absolute Gasteiger partial charge is 0.338 e. The molecule has 0 fully saturated rings. The predicted octanol–water partition coefficient (Wildman–Crippen LogP) is 3.97. The molecule has 128 valence electrons. The van der Waals surface area contributed by atoms with Crippen LogP contribution in [0.15, 0.2) is 54.6 Å². The first-order valence-corrected chi connectivity index (χ1v) is 8.84.